The Kier molecular flexibility index (Phi) is 4.19. The van der Waals surface area contributed by atoms with Crippen molar-refractivity contribution in [2.24, 2.45) is 0 Å². The van der Waals surface area contributed by atoms with Gasteiger partial charge in [-0.05, 0) is 19.1 Å². The molecule has 1 aromatic heterocycles. The van der Waals surface area contributed by atoms with E-state index in [0.717, 1.165) is 0 Å². The molecule has 0 bridgehead atoms. The van der Waals surface area contributed by atoms with Crippen molar-refractivity contribution < 1.29 is 9.59 Å². The van der Waals surface area contributed by atoms with E-state index < -0.39 is 6.04 Å². The molecule has 1 heterocycles. The summed E-state index contributed by atoms with van der Waals surface area (Å²) in [4.78, 5) is 23.6. The number of carbonyl (C=O) groups excluding carboxylic acids is 2. The second kappa shape index (κ2) is 6.05. The van der Waals surface area contributed by atoms with E-state index in [1.165, 1.54) is 16.8 Å². The molecule has 0 saturated heterocycles. The monoisotopic (exact) mass is 276 g/mol. The Labute approximate surface area is 113 Å². The van der Waals surface area contributed by atoms with Gasteiger partial charge in [0.1, 0.15) is 11.6 Å². The molecule has 2 amide bonds. The molecule has 2 aromatic rings. The molecule has 19 heavy (non-hydrogen) atoms. The van der Waals surface area contributed by atoms with Crippen molar-refractivity contribution in [1.29, 1.82) is 0 Å². The number of hydrogen-bond acceptors (Lipinski definition) is 5. The topological polar surface area (TPSA) is 84.0 Å². The SMILES string of the molecule is CC(NC(=O)c1ccccc1)C(=O)Nc1nncs1. The highest BCUT2D eigenvalue weighted by Crippen LogP contribution is 2.08. The Bertz CT molecular complexity index is 556. The normalized spacial score (nSPS) is 11.6. The molecule has 0 aliphatic carbocycles. The van der Waals surface area contributed by atoms with Crippen molar-refractivity contribution >= 4 is 28.3 Å². The highest BCUT2D eigenvalue weighted by molar-refractivity contribution is 7.13. The minimum Gasteiger partial charge on any atom is -0.341 e. The third kappa shape index (κ3) is 3.59. The van der Waals surface area contributed by atoms with Gasteiger partial charge in [0, 0.05) is 5.56 Å². The van der Waals surface area contributed by atoms with Crippen molar-refractivity contribution in [3.63, 3.8) is 0 Å². The van der Waals surface area contributed by atoms with Crippen LogP contribution < -0.4 is 10.6 Å². The first-order valence-electron chi connectivity index (χ1n) is 5.60. The largest absolute Gasteiger partial charge is 0.341 e. The van der Waals surface area contributed by atoms with Gasteiger partial charge in [-0.25, -0.2) is 0 Å². The van der Waals surface area contributed by atoms with E-state index in [-0.39, 0.29) is 11.8 Å². The Morgan fingerprint density at radius 3 is 2.63 bits per heavy atom. The summed E-state index contributed by atoms with van der Waals surface area (Å²) in [5, 5.41) is 12.9. The van der Waals surface area contributed by atoms with Gasteiger partial charge in [-0.15, -0.1) is 10.2 Å². The maximum absolute atomic E-state index is 11.8. The third-order valence-electron chi connectivity index (χ3n) is 2.37. The van der Waals surface area contributed by atoms with E-state index in [4.69, 9.17) is 0 Å². The zero-order valence-electron chi connectivity index (χ0n) is 10.2. The summed E-state index contributed by atoms with van der Waals surface area (Å²) in [5.74, 6) is -0.624. The minimum atomic E-state index is -0.656. The maximum atomic E-state index is 11.8. The second-order valence-electron chi connectivity index (χ2n) is 3.79. The van der Waals surface area contributed by atoms with Gasteiger partial charge >= 0.3 is 0 Å². The maximum Gasteiger partial charge on any atom is 0.251 e. The summed E-state index contributed by atoms with van der Waals surface area (Å²) >= 11 is 1.22. The highest BCUT2D eigenvalue weighted by atomic mass is 32.1. The molecule has 1 unspecified atom stereocenters. The first-order valence-corrected chi connectivity index (χ1v) is 6.47. The first kappa shape index (κ1) is 13.2. The number of hydrogen-bond donors (Lipinski definition) is 2. The van der Waals surface area contributed by atoms with Crippen LogP contribution in [0.2, 0.25) is 0 Å². The Morgan fingerprint density at radius 2 is 2.00 bits per heavy atom. The summed E-state index contributed by atoms with van der Waals surface area (Å²) in [6.07, 6.45) is 0. The van der Waals surface area contributed by atoms with Gasteiger partial charge in [-0.3, -0.25) is 14.9 Å². The van der Waals surface area contributed by atoms with Crippen LogP contribution in [-0.4, -0.2) is 28.1 Å². The van der Waals surface area contributed by atoms with Gasteiger partial charge in [0.05, 0.1) is 0 Å². The summed E-state index contributed by atoms with van der Waals surface area (Å²) in [6, 6.07) is 8.07. The van der Waals surface area contributed by atoms with Gasteiger partial charge in [-0.1, -0.05) is 29.5 Å². The Balaban J connectivity index is 1.92. The molecule has 0 radical (unpaired) electrons. The molecular weight excluding hydrogens is 264 g/mol. The van der Waals surface area contributed by atoms with Crippen molar-refractivity contribution in [3.8, 4) is 0 Å². The lowest BCUT2D eigenvalue weighted by Gasteiger charge is -2.12. The number of carbonyl (C=O) groups is 2. The molecule has 0 aliphatic rings. The van der Waals surface area contributed by atoms with Crippen molar-refractivity contribution in [1.82, 2.24) is 15.5 Å². The molecule has 1 aromatic carbocycles. The van der Waals surface area contributed by atoms with Gasteiger partial charge in [0.25, 0.3) is 5.91 Å². The smallest absolute Gasteiger partial charge is 0.251 e. The fourth-order valence-corrected chi connectivity index (χ4v) is 1.82. The van der Waals surface area contributed by atoms with E-state index in [1.807, 2.05) is 6.07 Å². The first-order chi connectivity index (χ1) is 9.16. The molecule has 2 rings (SSSR count). The van der Waals surface area contributed by atoms with Crippen LogP contribution in [0.15, 0.2) is 35.8 Å². The fraction of sp³-hybridized carbons (Fsp3) is 0.167. The number of nitrogens with one attached hydrogen (secondary N) is 2. The van der Waals surface area contributed by atoms with E-state index in [1.54, 1.807) is 31.2 Å². The van der Waals surface area contributed by atoms with Crippen LogP contribution >= 0.6 is 11.3 Å². The van der Waals surface area contributed by atoms with Gasteiger partial charge < -0.3 is 5.32 Å². The third-order valence-corrected chi connectivity index (χ3v) is 2.97. The Hall–Kier alpha value is -2.28. The van der Waals surface area contributed by atoms with Crippen LogP contribution in [0.25, 0.3) is 0 Å². The average molecular weight is 276 g/mol. The lowest BCUT2D eigenvalue weighted by Crippen LogP contribution is -2.41. The number of anilines is 1. The summed E-state index contributed by atoms with van der Waals surface area (Å²) in [7, 11) is 0. The van der Waals surface area contributed by atoms with Crippen molar-refractivity contribution in [2.75, 3.05) is 5.32 Å². The highest BCUT2D eigenvalue weighted by Gasteiger charge is 2.17. The van der Waals surface area contributed by atoms with E-state index in [9.17, 15) is 9.59 Å². The average Bonchev–Trinajstić information content (AvgIpc) is 2.92. The van der Waals surface area contributed by atoms with Gasteiger partial charge in [0.15, 0.2) is 0 Å². The van der Waals surface area contributed by atoms with Crippen LogP contribution in [0.3, 0.4) is 0 Å². The predicted molar refractivity (Wildman–Crippen MR) is 71.9 cm³/mol. The molecule has 2 N–H and O–H groups in total. The zero-order chi connectivity index (χ0) is 13.7. The quantitative estimate of drug-likeness (QED) is 0.881. The zero-order valence-corrected chi connectivity index (χ0v) is 11.0. The second-order valence-corrected chi connectivity index (χ2v) is 4.63. The molecule has 98 valence electrons. The van der Waals surface area contributed by atoms with E-state index in [0.29, 0.717) is 10.7 Å². The number of amides is 2. The minimum absolute atomic E-state index is 0.291. The molecule has 1 atom stereocenters. The Morgan fingerprint density at radius 1 is 1.26 bits per heavy atom. The molecule has 7 heteroatoms. The summed E-state index contributed by atoms with van der Waals surface area (Å²) in [5.41, 5.74) is 2.03. The molecule has 6 nitrogen and oxygen atoms in total. The predicted octanol–water partition coefficient (Wildman–Crippen LogP) is 1.30. The lowest BCUT2D eigenvalue weighted by atomic mass is 10.2. The molecule has 0 fully saturated rings. The number of benzene rings is 1. The van der Waals surface area contributed by atoms with Crippen LogP contribution in [0.4, 0.5) is 5.13 Å². The van der Waals surface area contributed by atoms with E-state index >= 15 is 0 Å². The molecule has 0 saturated carbocycles. The van der Waals surface area contributed by atoms with Crippen molar-refractivity contribution in [3.05, 3.63) is 41.4 Å². The molecule has 0 aliphatic heterocycles. The van der Waals surface area contributed by atoms with Gasteiger partial charge in [0.2, 0.25) is 11.0 Å². The fourth-order valence-electron chi connectivity index (χ4n) is 1.38. The van der Waals surface area contributed by atoms with Crippen LogP contribution in [0.5, 0.6) is 0 Å². The summed E-state index contributed by atoms with van der Waals surface area (Å²) in [6.45, 7) is 1.61. The summed E-state index contributed by atoms with van der Waals surface area (Å²) < 4.78 is 0. The van der Waals surface area contributed by atoms with Gasteiger partial charge in [-0.2, -0.15) is 0 Å². The van der Waals surface area contributed by atoms with Crippen molar-refractivity contribution in [2.45, 2.75) is 13.0 Å². The van der Waals surface area contributed by atoms with E-state index in [2.05, 4.69) is 20.8 Å². The lowest BCUT2D eigenvalue weighted by molar-refractivity contribution is -0.117. The molecule has 0 spiro atoms. The van der Waals surface area contributed by atoms with Crippen LogP contribution in [-0.2, 0) is 4.79 Å². The molecular formula is C12H12N4O2S. The van der Waals surface area contributed by atoms with Crippen LogP contribution in [0.1, 0.15) is 17.3 Å². The number of aromatic nitrogens is 2. The number of nitrogens with zero attached hydrogens (tertiary/aromatic N) is 2. The standard InChI is InChI=1S/C12H12N4O2S/c1-8(10(17)15-12-16-13-7-19-12)14-11(18)9-5-3-2-4-6-9/h2-8H,1H3,(H,14,18)(H,15,16,17). The van der Waals surface area contributed by atoms with Crippen LogP contribution in [0, 0.1) is 0 Å². The number of rotatable bonds is 4.